The quantitative estimate of drug-likeness (QED) is 0.370. The molecule has 7 nitrogen and oxygen atoms in total. The predicted octanol–water partition coefficient (Wildman–Crippen LogP) is 5.35. The third-order valence-electron chi connectivity index (χ3n) is 5.59. The summed E-state index contributed by atoms with van der Waals surface area (Å²) >= 11 is 11.9. The van der Waals surface area contributed by atoms with Crippen molar-refractivity contribution in [1.29, 1.82) is 0 Å². The molecule has 170 valence electrons. The number of nitrogens with one attached hydrogen (secondary N) is 2. The van der Waals surface area contributed by atoms with Gasteiger partial charge in [0.2, 0.25) is 0 Å². The van der Waals surface area contributed by atoms with Crippen LogP contribution in [0.15, 0.2) is 43.1 Å². The molecule has 0 bridgehead atoms. The molecule has 2 aromatic carbocycles. The Balaban J connectivity index is 1.60. The van der Waals surface area contributed by atoms with E-state index >= 15 is 0 Å². The molecule has 0 saturated carbocycles. The molecule has 0 spiro atoms. The molecule has 0 amide bonds. The molecule has 5 rings (SSSR count). The molecule has 0 unspecified atom stereocenters. The Labute approximate surface area is 199 Å². The van der Waals surface area contributed by atoms with Gasteiger partial charge in [0.05, 0.1) is 33.3 Å². The van der Waals surface area contributed by atoms with Gasteiger partial charge in [-0.2, -0.15) is 0 Å². The van der Waals surface area contributed by atoms with Gasteiger partial charge in [0, 0.05) is 24.2 Å². The first-order valence-electron chi connectivity index (χ1n) is 10.5. The Morgan fingerprint density at radius 3 is 2.73 bits per heavy atom. The topological polar surface area (TPSA) is 76.9 Å². The average Bonchev–Trinajstić information content (AvgIpc) is 3.26. The van der Waals surface area contributed by atoms with E-state index in [1.165, 1.54) is 18.5 Å². The summed E-state index contributed by atoms with van der Waals surface area (Å²) in [7, 11) is 1.92. The van der Waals surface area contributed by atoms with Crippen molar-refractivity contribution < 1.29 is 9.13 Å². The van der Waals surface area contributed by atoms with Crippen LogP contribution in [0.1, 0.15) is 12.8 Å². The van der Waals surface area contributed by atoms with Crippen molar-refractivity contribution in [3.8, 4) is 17.0 Å². The third kappa shape index (κ3) is 4.46. The van der Waals surface area contributed by atoms with Crippen LogP contribution in [0, 0.1) is 5.82 Å². The molecule has 4 aromatic rings. The number of nitrogens with zero attached hydrogens (tertiary/aromatic N) is 4. The second-order valence-corrected chi connectivity index (χ2v) is 8.71. The van der Waals surface area contributed by atoms with E-state index in [1.807, 2.05) is 29.9 Å². The fraction of sp³-hybridized carbons (Fsp3) is 0.261. The first kappa shape index (κ1) is 21.9. The van der Waals surface area contributed by atoms with Gasteiger partial charge in [-0.25, -0.2) is 19.3 Å². The highest BCUT2D eigenvalue weighted by Crippen LogP contribution is 2.38. The summed E-state index contributed by atoms with van der Waals surface area (Å²) in [6, 6.07) is 6.86. The van der Waals surface area contributed by atoms with Gasteiger partial charge in [0.15, 0.2) is 5.82 Å². The van der Waals surface area contributed by atoms with Gasteiger partial charge in [-0.1, -0.05) is 23.2 Å². The maximum atomic E-state index is 14.7. The number of halogens is 3. The molecule has 0 atom stereocenters. The maximum Gasteiger partial charge on any atom is 0.166 e. The smallest absolute Gasteiger partial charge is 0.166 e. The van der Waals surface area contributed by atoms with Gasteiger partial charge in [-0.05, 0) is 50.2 Å². The Morgan fingerprint density at radius 1 is 1.15 bits per heavy atom. The first-order chi connectivity index (χ1) is 16.0. The van der Waals surface area contributed by atoms with Crippen LogP contribution in [0.3, 0.4) is 0 Å². The largest absolute Gasteiger partial charge is 0.490 e. The van der Waals surface area contributed by atoms with Crippen molar-refractivity contribution >= 4 is 45.6 Å². The molecule has 1 aliphatic rings. The maximum absolute atomic E-state index is 14.7. The summed E-state index contributed by atoms with van der Waals surface area (Å²) in [4.78, 5) is 13.3. The lowest BCUT2D eigenvalue weighted by atomic mass is 10.1. The summed E-state index contributed by atoms with van der Waals surface area (Å²) in [6.07, 6.45) is 7.00. The van der Waals surface area contributed by atoms with Crippen LogP contribution < -0.4 is 15.4 Å². The minimum absolute atomic E-state index is 0.0831. The first-order valence-corrected chi connectivity index (χ1v) is 11.3. The average molecular weight is 487 g/mol. The third-order valence-corrected chi connectivity index (χ3v) is 6.37. The summed E-state index contributed by atoms with van der Waals surface area (Å²) in [5.74, 6) is 0.466. The minimum atomic E-state index is -0.646. The molecule has 1 aliphatic heterocycles. The summed E-state index contributed by atoms with van der Waals surface area (Å²) in [5, 5.41) is 7.06. The SMILES string of the molecule is Cn1cnc(-c2cc3ncnc(Nc4ccc(Cl)c(Cl)c4F)c3cc2OC2CCNCC2)c1. The van der Waals surface area contributed by atoms with E-state index in [0.717, 1.165) is 37.2 Å². The molecular weight excluding hydrogens is 466 g/mol. The molecule has 2 aromatic heterocycles. The molecule has 10 heteroatoms. The molecule has 3 heterocycles. The van der Waals surface area contributed by atoms with Crippen molar-refractivity contribution in [2.24, 2.45) is 7.05 Å². The van der Waals surface area contributed by atoms with Crippen molar-refractivity contribution in [3.63, 3.8) is 0 Å². The highest BCUT2D eigenvalue weighted by molar-refractivity contribution is 6.42. The van der Waals surface area contributed by atoms with Gasteiger partial charge < -0.3 is 19.9 Å². The lowest BCUT2D eigenvalue weighted by Gasteiger charge is -2.25. The zero-order valence-electron chi connectivity index (χ0n) is 17.8. The van der Waals surface area contributed by atoms with Crippen LogP contribution >= 0.6 is 23.2 Å². The minimum Gasteiger partial charge on any atom is -0.490 e. The van der Waals surface area contributed by atoms with E-state index in [2.05, 4.69) is 25.6 Å². The second kappa shape index (κ2) is 9.13. The number of aromatic nitrogens is 4. The van der Waals surface area contributed by atoms with Crippen molar-refractivity contribution in [1.82, 2.24) is 24.8 Å². The zero-order valence-corrected chi connectivity index (χ0v) is 19.3. The highest BCUT2D eigenvalue weighted by Gasteiger charge is 2.20. The molecule has 0 aliphatic carbocycles. The monoisotopic (exact) mass is 486 g/mol. The van der Waals surface area contributed by atoms with E-state index in [-0.39, 0.29) is 21.8 Å². The van der Waals surface area contributed by atoms with Crippen molar-refractivity contribution in [2.45, 2.75) is 18.9 Å². The Hall–Kier alpha value is -2.94. The molecule has 2 N–H and O–H groups in total. The molecule has 1 fully saturated rings. The number of piperidine rings is 1. The van der Waals surface area contributed by atoms with Crippen LogP contribution in [-0.4, -0.2) is 38.7 Å². The number of fused-ring (bicyclic) bond motifs is 1. The van der Waals surface area contributed by atoms with Gasteiger partial charge in [0.1, 0.15) is 24.0 Å². The lowest BCUT2D eigenvalue weighted by Crippen LogP contribution is -2.34. The number of anilines is 2. The highest BCUT2D eigenvalue weighted by atomic mass is 35.5. The zero-order chi connectivity index (χ0) is 22.9. The standard InChI is InChI=1S/C23H21Cl2FN6O/c1-32-10-19(30-12-32)14-8-18-15(9-20(14)33-13-4-6-27-7-5-13)23(29-11-28-18)31-17-3-2-16(24)21(25)22(17)26/h2-3,8-13,27H,4-7H2,1H3,(H,28,29,31). The number of imidazole rings is 1. The van der Waals surface area contributed by atoms with E-state index < -0.39 is 5.82 Å². The van der Waals surface area contributed by atoms with Crippen molar-refractivity contribution in [2.75, 3.05) is 18.4 Å². The number of aryl methyl sites for hydroxylation is 1. The summed E-state index contributed by atoms with van der Waals surface area (Å²) < 4.78 is 23.0. The Bertz CT molecular complexity index is 1320. The fourth-order valence-corrected chi connectivity index (χ4v) is 4.19. The number of hydrogen-bond donors (Lipinski definition) is 2. The summed E-state index contributed by atoms with van der Waals surface area (Å²) in [6.45, 7) is 1.81. The van der Waals surface area contributed by atoms with Gasteiger partial charge >= 0.3 is 0 Å². The number of benzene rings is 2. The Morgan fingerprint density at radius 2 is 1.97 bits per heavy atom. The van der Waals surface area contributed by atoms with Crippen LogP contribution in [0.25, 0.3) is 22.2 Å². The fourth-order valence-electron chi connectivity index (χ4n) is 3.88. The predicted molar refractivity (Wildman–Crippen MR) is 128 cm³/mol. The van der Waals surface area contributed by atoms with E-state index in [0.29, 0.717) is 22.5 Å². The number of hydrogen-bond acceptors (Lipinski definition) is 6. The van der Waals surface area contributed by atoms with E-state index in [9.17, 15) is 4.39 Å². The van der Waals surface area contributed by atoms with Crippen molar-refractivity contribution in [3.05, 3.63) is 59.0 Å². The van der Waals surface area contributed by atoms with E-state index in [1.54, 1.807) is 6.33 Å². The van der Waals surface area contributed by atoms with Crippen LogP contribution in [0.5, 0.6) is 5.75 Å². The summed E-state index contributed by atoms with van der Waals surface area (Å²) in [5.41, 5.74) is 2.46. The normalized spacial score (nSPS) is 14.5. The van der Waals surface area contributed by atoms with Crippen LogP contribution in [-0.2, 0) is 7.05 Å². The molecule has 0 radical (unpaired) electrons. The molecule has 33 heavy (non-hydrogen) atoms. The van der Waals surface area contributed by atoms with Gasteiger partial charge in [-0.15, -0.1) is 0 Å². The lowest BCUT2D eigenvalue weighted by molar-refractivity contribution is 0.163. The molecule has 1 saturated heterocycles. The number of ether oxygens (including phenoxy) is 1. The van der Waals surface area contributed by atoms with Crippen LogP contribution in [0.4, 0.5) is 15.9 Å². The Kier molecular flexibility index (Phi) is 6.05. The van der Waals surface area contributed by atoms with Gasteiger partial charge in [-0.3, -0.25) is 0 Å². The van der Waals surface area contributed by atoms with E-state index in [4.69, 9.17) is 27.9 Å². The second-order valence-electron chi connectivity index (χ2n) is 7.93. The molecular formula is C23H21Cl2FN6O. The van der Waals surface area contributed by atoms with Crippen LogP contribution in [0.2, 0.25) is 10.0 Å². The number of rotatable bonds is 5. The van der Waals surface area contributed by atoms with Gasteiger partial charge in [0.25, 0.3) is 0 Å².